The molecular weight excluding hydrogens is 374 g/mol. The Morgan fingerprint density at radius 1 is 0.964 bits per heavy atom. The van der Waals surface area contributed by atoms with Gasteiger partial charge >= 0.3 is 0 Å². The van der Waals surface area contributed by atoms with Crippen LogP contribution in [0.3, 0.4) is 0 Å². The first-order valence-corrected chi connectivity index (χ1v) is 10.4. The third kappa shape index (κ3) is 3.39. The minimum Gasteiger partial charge on any atom is -0.489 e. The van der Waals surface area contributed by atoms with Crippen molar-refractivity contribution in [1.82, 2.24) is 0 Å². The fraction of sp³-hybridized carbons (Fsp3) is 0.136. The quantitative estimate of drug-likeness (QED) is 0.601. The summed E-state index contributed by atoms with van der Waals surface area (Å²) in [5.74, 6) is 0.645. The highest BCUT2D eigenvalue weighted by Crippen LogP contribution is 2.38. The van der Waals surface area contributed by atoms with Crippen LogP contribution in [0.25, 0.3) is 0 Å². The van der Waals surface area contributed by atoms with E-state index >= 15 is 0 Å². The predicted octanol–water partition coefficient (Wildman–Crippen LogP) is 3.58. The Hall–Kier alpha value is -3.12. The molecule has 1 unspecified atom stereocenters. The highest BCUT2D eigenvalue weighted by molar-refractivity contribution is 7.93. The largest absolute Gasteiger partial charge is 0.489 e. The van der Waals surface area contributed by atoms with Gasteiger partial charge in [-0.2, -0.15) is 0 Å². The van der Waals surface area contributed by atoms with Gasteiger partial charge in [-0.15, -0.1) is 0 Å². The molecule has 0 saturated heterocycles. The summed E-state index contributed by atoms with van der Waals surface area (Å²) >= 11 is 0. The van der Waals surface area contributed by atoms with Crippen LogP contribution in [-0.4, -0.2) is 20.7 Å². The summed E-state index contributed by atoms with van der Waals surface area (Å²) in [7, 11) is -3.82. The van der Waals surface area contributed by atoms with Gasteiger partial charge in [0.05, 0.1) is 10.6 Å². The Kier molecular flexibility index (Phi) is 4.88. The molecule has 0 saturated carbocycles. The number of anilines is 1. The van der Waals surface area contributed by atoms with E-state index in [1.54, 1.807) is 30.3 Å². The van der Waals surface area contributed by atoms with E-state index in [0.29, 0.717) is 30.8 Å². The first-order valence-electron chi connectivity index (χ1n) is 8.94. The maximum absolute atomic E-state index is 13.1. The van der Waals surface area contributed by atoms with Gasteiger partial charge in [0.2, 0.25) is 0 Å². The Labute approximate surface area is 164 Å². The lowest BCUT2D eigenvalue weighted by Gasteiger charge is -2.23. The number of nitrogens with zero attached hydrogens (tertiary/aromatic N) is 1. The second kappa shape index (κ2) is 7.48. The van der Waals surface area contributed by atoms with Gasteiger partial charge < -0.3 is 9.53 Å². The maximum atomic E-state index is 13.1. The van der Waals surface area contributed by atoms with E-state index in [1.165, 1.54) is 16.4 Å². The molecular formula is C22H19NO4S. The first kappa shape index (κ1) is 18.3. The fourth-order valence-electron chi connectivity index (χ4n) is 3.38. The van der Waals surface area contributed by atoms with Crippen LogP contribution in [0.15, 0.2) is 83.8 Å². The van der Waals surface area contributed by atoms with Crippen LogP contribution >= 0.6 is 0 Å². The number of sulfonamides is 1. The molecule has 142 valence electrons. The molecule has 5 nitrogen and oxygen atoms in total. The average Bonchev–Trinajstić information content (AvgIpc) is 3.12. The average molecular weight is 393 g/mol. The van der Waals surface area contributed by atoms with E-state index in [0.717, 1.165) is 11.1 Å². The molecule has 6 heteroatoms. The molecule has 0 amide bonds. The normalized spacial score (nSPS) is 15.9. The number of carbonyl (C=O) groups is 1. The summed E-state index contributed by atoms with van der Waals surface area (Å²) in [5.41, 5.74) is 2.34. The third-order valence-electron chi connectivity index (χ3n) is 4.72. The van der Waals surface area contributed by atoms with Crippen LogP contribution in [0.4, 0.5) is 5.69 Å². The topological polar surface area (TPSA) is 63.7 Å². The zero-order valence-corrected chi connectivity index (χ0v) is 15.9. The number of aldehydes is 1. The molecule has 0 fully saturated rings. The molecule has 3 aromatic carbocycles. The van der Waals surface area contributed by atoms with Crippen molar-refractivity contribution in [1.29, 1.82) is 0 Å². The Morgan fingerprint density at radius 2 is 1.64 bits per heavy atom. The van der Waals surface area contributed by atoms with Crippen molar-refractivity contribution in [3.8, 4) is 5.75 Å². The van der Waals surface area contributed by atoms with Gasteiger partial charge in [0.25, 0.3) is 10.0 Å². The Bertz CT molecular complexity index is 1080. The number of carbonyl (C=O) groups excluding carboxylic acids is 1. The monoisotopic (exact) mass is 393 g/mol. The smallest absolute Gasteiger partial charge is 0.264 e. The summed E-state index contributed by atoms with van der Waals surface area (Å²) < 4.78 is 33.2. The molecule has 1 aliphatic rings. The van der Waals surface area contributed by atoms with Crippen LogP contribution < -0.4 is 9.04 Å². The number of hydrogen-bond donors (Lipinski definition) is 0. The van der Waals surface area contributed by atoms with E-state index in [2.05, 4.69) is 0 Å². The minimum atomic E-state index is -3.82. The molecule has 1 heterocycles. The summed E-state index contributed by atoms with van der Waals surface area (Å²) in [6, 6.07) is 22.4. The molecule has 1 atom stereocenters. The van der Waals surface area contributed by atoms with Crippen molar-refractivity contribution < 1.29 is 17.9 Å². The van der Waals surface area contributed by atoms with Gasteiger partial charge in [-0.1, -0.05) is 48.5 Å². The van der Waals surface area contributed by atoms with Crippen molar-refractivity contribution in [3.63, 3.8) is 0 Å². The van der Waals surface area contributed by atoms with Gasteiger partial charge in [0.15, 0.2) is 0 Å². The summed E-state index contributed by atoms with van der Waals surface area (Å²) in [6.07, 6.45) is 1.01. The van der Waals surface area contributed by atoms with Gasteiger partial charge in [0, 0.05) is 6.42 Å². The molecule has 4 rings (SSSR count). The maximum Gasteiger partial charge on any atom is 0.264 e. The molecule has 1 aliphatic heterocycles. The molecule has 28 heavy (non-hydrogen) atoms. The van der Waals surface area contributed by atoms with Gasteiger partial charge in [-0.25, -0.2) is 8.42 Å². The summed E-state index contributed by atoms with van der Waals surface area (Å²) in [4.78, 5) is 11.8. The lowest BCUT2D eigenvalue weighted by atomic mass is 10.1. The van der Waals surface area contributed by atoms with E-state index in [-0.39, 0.29) is 4.90 Å². The van der Waals surface area contributed by atoms with E-state index < -0.39 is 16.1 Å². The zero-order valence-electron chi connectivity index (χ0n) is 15.1. The molecule has 0 spiro atoms. The number of fused-ring (bicyclic) bond motifs is 1. The molecule has 3 aromatic rings. The molecule has 0 radical (unpaired) electrons. The van der Waals surface area contributed by atoms with Crippen molar-refractivity contribution in [2.45, 2.75) is 24.0 Å². The van der Waals surface area contributed by atoms with E-state index in [4.69, 9.17) is 4.74 Å². The van der Waals surface area contributed by atoms with Crippen LogP contribution in [0, 0.1) is 0 Å². The zero-order chi connectivity index (χ0) is 19.6. The minimum absolute atomic E-state index is 0.166. The molecule has 0 bridgehead atoms. The molecule has 0 aliphatic carbocycles. The second-order valence-electron chi connectivity index (χ2n) is 6.59. The van der Waals surface area contributed by atoms with E-state index in [9.17, 15) is 13.2 Å². The van der Waals surface area contributed by atoms with Crippen molar-refractivity contribution >= 4 is 22.0 Å². The standard InChI is InChI=1S/C22H19NO4S/c24-15-19-13-18-14-20(27-16-17-7-3-1-4-8-17)11-12-22(18)23(19)28(25,26)21-9-5-2-6-10-21/h1-12,14-15,19H,13,16H2. The number of ether oxygens (including phenoxy) is 1. The van der Waals surface area contributed by atoms with Gasteiger partial charge in [0.1, 0.15) is 24.7 Å². The van der Waals surface area contributed by atoms with Gasteiger partial charge in [-0.05, 0) is 41.5 Å². The number of benzene rings is 3. The summed E-state index contributed by atoms with van der Waals surface area (Å²) in [6.45, 7) is 0.419. The molecule has 0 aromatic heterocycles. The lowest BCUT2D eigenvalue weighted by Crippen LogP contribution is -2.38. The van der Waals surface area contributed by atoms with Crippen molar-refractivity contribution in [2.24, 2.45) is 0 Å². The van der Waals surface area contributed by atoms with Crippen LogP contribution in [-0.2, 0) is 27.8 Å². The van der Waals surface area contributed by atoms with Crippen LogP contribution in [0.2, 0.25) is 0 Å². The predicted molar refractivity (Wildman–Crippen MR) is 107 cm³/mol. The summed E-state index contributed by atoms with van der Waals surface area (Å²) in [5, 5.41) is 0. The Morgan fingerprint density at radius 3 is 2.32 bits per heavy atom. The highest BCUT2D eigenvalue weighted by Gasteiger charge is 2.38. The second-order valence-corrected chi connectivity index (χ2v) is 8.40. The SMILES string of the molecule is O=CC1Cc2cc(OCc3ccccc3)ccc2N1S(=O)(=O)c1ccccc1. The highest BCUT2D eigenvalue weighted by atomic mass is 32.2. The number of hydrogen-bond acceptors (Lipinski definition) is 4. The van der Waals surface area contributed by atoms with E-state index in [1.807, 2.05) is 36.4 Å². The van der Waals surface area contributed by atoms with Crippen molar-refractivity contribution in [3.05, 3.63) is 90.0 Å². The lowest BCUT2D eigenvalue weighted by molar-refractivity contribution is -0.108. The third-order valence-corrected chi connectivity index (χ3v) is 6.58. The fourth-order valence-corrected chi connectivity index (χ4v) is 5.02. The van der Waals surface area contributed by atoms with Crippen molar-refractivity contribution in [2.75, 3.05) is 4.31 Å². The Balaban J connectivity index is 1.63. The number of rotatable bonds is 6. The van der Waals surface area contributed by atoms with Gasteiger partial charge in [-0.3, -0.25) is 4.31 Å². The first-order chi connectivity index (χ1) is 13.6. The van der Waals surface area contributed by atoms with Crippen LogP contribution in [0.5, 0.6) is 5.75 Å². The van der Waals surface area contributed by atoms with Crippen LogP contribution in [0.1, 0.15) is 11.1 Å². The molecule has 0 N–H and O–H groups in total.